The lowest BCUT2D eigenvalue weighted by atomic mass is 9.89. The van der Waals surface area contributed by atoms with E-state index < -0.39 is 0 Å². The summed E-state index contributed by atoms with van der Waals surface area (Å²) < 4.78 is 11.3. The summed E-state index contributed by atoms with van der Waals surface area (Å²) in [5.41, 5.74) is 0.408. The van der Waals surface area contributed by atoms with Crippen molar-refractivity contribution >= 4 is 17.4 Å². The summed E-state index contributed by atoms with van der Waals surface area (Å²) in [6, 6.07) is 3.68. The Kier molecular flexibility index (Phi) is 5.34. The van der Waals surface area contributed by atoms with Gasteiger partial charge in [-0.25, -0.2) is 4.98 Å². The second-order valence-corrected chi connectivity index (χ2v) is 6.41. The maximum absolute atomic E-state index is 8.89. The first-order chi connectivity index (χ1) is 11.2. The number of halogens is 1. The fourth-order valence-corrected chi connectivity index (χ4v) is 3.49. The van der Waals surface area contributed by atoms with Gasteiger partial charge < -0.3 is 14.8 Å². The molecule has 23 heavy (non-hydrogen) atoms. The molecule has 1 aromatic rings. The van der Waals surface area contributed by atoms with Gasteiger partial charge in [-0.1, -0.05) is 11.6 Å². The molecule has 0 bridgehead atoms. The van der Waals surface area contributed by atoms with Gasteiger partial charge in [0.15, 0.2) is 0 Å². The average molecular weight is 337 g/mol. The number of morpholine rings is 1. The van der Waals surface area contributed by atoms with E-state index in [9.17, 15) is 0 Å². The lowest BCUT2D eigenvalue weighted by Gasteiger charge is -2.47. The van der Waals surface area contributed by atoms with Gasteiger partial charge in [-0.3, -0.25) is 4.90 Å². The summed E-state index contributed by atoms with van der Waals surface area (Å²) in [6.07, 6.45) is 3.66. The maximum atomic E-state index is 8.89. The van der Waals surface area contributed by atoms with Crippen LogP contribution in [0.4, 0.5) is 5.82 Å². The van der Waals surface area contributed by atoms with Crippen LogP contribution in [0.25, 0.3) is 0 Å². The Bertz CT molecular complexity index is 578. The van der Waals surface area contributed by atoms with Crippen LogP contribution in [0.1, 0.15) is 18.4 Å². The Morgan fingerprint density at radius 1 is 1.35 bits per heavy atom. The van der Waals surface area contributed by atoms with Gasteiger partial charge in [0.05, 0.1) is 35.9 Å². The van der Waals surface area contributed by atoms with E-state index in [1.807, 2.05) is 6.07 Å². The van der Waals surface area contributed by atoms with E-state index in [0.29, 0.717) is 29.6 Å². The maximum Gasteiger partial charge on any atom is 0.144 e. The van der Waals surface area contributed by atoms with Crippen molar-refractivity contribution in [2.24, 2.45) is 0 Å². The molecule has 2 fully saturated rings. The minimum atomic E-state index is -0.0546. The fourth-order valence-electron chi connectivity index (χ4n) is 3.25. The topological polar surface area (TPSA) is 70.4 Å². The van der Waals surface area contributed by atoms with Gasteiger partial charge in [-0.05, 0) is 18.9 Å². The average Bonchev–Trinajstić information content (AvgIpc) is 2.62. The molecule has 3 rings (SSSR count). The number of nitrogens with zero attached hydrogens (tertiary/aromatic N) is 3. The Labute approximate surface area is 141 Å². The Balaban J connectivity index is 1.72. The standard InChI is InChI=1S/C16H21ClN4O2/c17-14-8-13(9-18)10-19-15(14)20-11-16(2-1-5-23-12-16)21-3-6-22-7-4-21/h8,10H,1-7,11-12H2,(H,19,20). The Hall–Kier alpha value is -1.39. The molecule has 1 aromatic heterocycles. The third-order valence-electron chi connectivity index (χ3n) is 4.54. The van der Waals surface area contributed by atoms with E-state index in [2.05, 4.69) is 15.2 Å². The minimum absolute atomic E-state index is 0.0546. The summed E-state index contributed by atoms with van der Waals surface area (Å²) in [5, 5.41) is 12.7. The fraction of sp³-hybridized carbons (Fsp3) is 0.625. The van der Waals surface area contributed by atoms with Crippen LogP contribution in [-0.4, -0.2) is 61.5 Å². The zero-order valence-electron chi connectivity index (χ0n) is 13.1. The largest absolute Gasteiger partial charge is 0.379 e. The van der Waals surface area contributed by atoms with E-state index in [-0.39, 0.29) is 5.54 Å². The molecule has 2 aliphatic rings. The van der Waals surface area contributed by atoms with Gasteiger partial charge in [0.2, 0.25) is 0 Å². The molecule has 2 saturated heterocycles. The number of hydrogen-bond acceptors (Lipinski definition) is 6. The predicted octanol–water partition coefficient (Wildman–Crippen LogP) is 1.90. The van der Waals surface area contributed by atoms with Crippen molar-refractivity contribution in [3.63, 3.8) is 0 Å². The van der Waals surface area contributed by atoms with E-state index in [4.69, 9.17) is 26.3 Å². The zero-order chi connectivity index (χ0) is 16.1. The Morgan fingerprint density at radius 3 is 2.83 bits per heavy atom. The summed E-state index contributed by atoms with van der Waals surface area (Å²) in [6.45, 7) is 5.59. The van der Waals surface area contributed by atoms with Crippen molar-refractivity contribution < 1.29 is 9.47 Å². The molecule has 0 aromatic carbocycles. The second-order valence-electron chi connectivity index (χ2n) is 6.00. The molecule has 0 spiro atoms. The van der Waals surface area contributed by atoms with Crippen molar-refractivity contribution in [2.45, 2.75) is 18.4 Å². The highest BCUT2D eigenvalue weighted by atomic mass is 35.5. The van der Waals surface area contributed by atoms with Crippen molar-refractivity contribution in [2.75, 3.05) is 51.4 Å². The smallest absolute Gasteiger partial charge is 0.144 e. The molecule has 6 nitrogen and oxygen atoms in total. The molecule has 3 heterocycles. The molecule has 2 aliphatic heterocycles. The lowest BCUT2D eigenvalue weighted by molar-refractivity contribution is -0.0800. The number of nitrogens with one attached hydrogen (secondary N) is 1. The quantitative estimate of drug-likeness (QED) is 0.905. The van der Waals surface area contributed by atoms with Gasteiger partial charge in [0.1, 0.15) is 11.9 Å². The Morgan fingerprint density at radius 2 is 2.17 bits per heavy atom. The first-order valence-electron chi connectivity index (χ1n) is 7.94. The number of pyridine rings is 1. The first kappa shape index (κ1) is 16.5. The highest BCUT2D eigenvalue weighted by Gasteiger charge is 2.39. The van der Waals surface area contributed by atoms with Gasteiger partial charge in [-0.2, -0.15) is 5.26 Å². The van der Waals surface area contributed by atoms with E-state index >= 15 is 0 Å². The van der Waals surface area contributed by atoms with Gasteiger partial charge >= 0.3 is 0 Å². The van der Waals surface area contributed by atoms with Gasteiger partial charge in [-0.15, -0.1) is 0 Å². The van der Waals surface area contributed by atoms with Crippen LogP contribution in [-0.2, 0) is 9.47 Å². The van der Waals surface area contributed by atoms with Crippen molar-refractivity contribution in [1.29, 1.82) is 5.26 Å². The van der Waals surface area contributed by atoms with Gasteiger partial charge in [0, 0.05) is 32.4 Å². The van der Waals surface area contributed by atoms with E-state index in [1.165, 1.54) is 6.20 Å². The highest BCUT2D eigenvalue weighted by molar-refractivity contribution is 6.33. The van der Waals surface area contributed by atoms with Crippen LogP contribution in [0.15, 0.2) is 12.3 Å². The van der Waals surface area contributed by atoms with Crippen molar-refractivity contribution in [1.82, 2.24) is 9.88 Å². The summed E-state index contributed by atoms with van der Waals surface area (Å²) in [4.78, 5) is 6.72. The molecule has 0 radical (unpaired) electrons. The highest BCUT2D eigenvalue weighted by Crippen LogP contribution is 2.29. The van der Waals surface area contributed by atoms with Crippen LogP contribution in [0.5, 0.6) is 0 Å². The van der Waals surface area contributed by atoms with Crippen molar-refractivity contribution in [3.05, 3.63) is 22.8 Å². The molecule has 7 heteroatoms. The van der Waals surface area contributed by atoms with Crippen LogP contribution in [0.2, 0.25) is 5.02 Å². The van der Waals surface area contributed by atoms with E-state index in [1.54, 1.807) is 6.07 Å². The van der Waals surface area contributed by atoms with Crippen LogP contribution < -0.4 is 5.32 Å². The predicted molar refractivity (Wildman–Crippen MR) is 87.6 cm³/mol. The molecule has 1 atom stereocenters. The summed E-state index contributed by atoms with van der Waals surface area (Å²) in [7, 11) is 0. The normalized spacial score (nSPS) is 25.7. The monoisotopic (exact) mass is 336 g/mol. The molecule has 0 saturated carbocycles. The third kappa shape index (κ3) is 3.75. The minimum Gasteiger partial charge on any atom is -0.379 e. The summed E-state index contributed by atoms with van der Waals surface area (Å²) in [5.74, 6) is 0.615. The summed E-state index contributed by atoms with van der Waals surface area (Å²) >= 11 is 6.22. The molecule has 0 amide bonds. The molecule has 0 aliphatic carbocycles. The second kappa shape index (κ2) is 7.45. The molecule has 1 N–H and O–H groups in total. The van der Waals surface area contributed by atoms with Crippen molar-refractivity contribution in [3.8, 4) is 6.07 Å². The van der Waals surface area contributed by atoms with E-state index in [0.717, 1.165) is 45.8 Å². The molecule has 1 unspecified atom stereocenters. The number of ether oxygens (including phenoxy) is 2. The zero-order valence-corrected chi connectivity index (χ0v) is 13.8. The third-order valence-corrected chi connectivity index (χ3v) is 4.83. The SMILES string of the molecule is N#Cc1cnc(NCC2(N3CCOCC3)CCCOC2)c(Cl)c1. The molecule has 124 valence electrons. The number of aromatic nitrogens is 1. The molecular weight excluding hydrogens is 316 g/mol. The number of hydrogen-bond donors (Lipinski definition) is 1. The van der Waals surface area contributed by atoms with Crippen LogP contribution in [0, 0.1) is 11.3 Å². The number of rotatable bonds is 4. The van der Waals surface area contributed by atoms with Crippen LogP contribution in [0.3, 0.4) is 0 Å². The van der Waals surface area contributed by atoms with Gasteiger partial charge in [0.25, 0.3) is 0 Å². The number of nitriles is 1. The number of anilines is 1. The molecular formula is C16H21ClN4O2. The first-order valence-corrected chi connectivity index (χ1v) is 8.31. The van der Waals surface area contributed by atoms with Crippen LogP contribution >= 0.6 is 11.6 Å². The lowest BCUT2D eigenvalue weighted by Crippen LogP contribution is -2.61.